The molecule has 47 heavy (non-hydrogen) atoms. The summed E-state index contributed by atoms with van der Waals surface area (Å²) in [6.45, 7) is 7.39. The third kappa shape index (κ3) is 10.1. The lowest BCUT2D eigenvalue weighted by atomic mass is 10.0. The first-order valence-corrected chi connectivity index (χ1v) is 17.8. The summed E-state index contributed by atoms with van der Waals surface area (Å²) >= 11 is 9.52. The lowest BCUT2D eigenvalue weighted by Crippen LogP contribution is -2.56. The summed E-state index contributed by atoms with van der Waals surface area (Å²) < 4.78 is 35.8. The fourth-order valence-electron chi connectivity index (χ4n) is 4.93. The molecule has 248 valence electrons. The summed E-state index contributed by atoms with van der Waals surface area (Å²) in [6, 6.07) is 28.2. The molecule has 0 aliphatic heterocycles. The molecule has 0 bridgehead atoms. The van der Waals surface area contributed by atoms with Crippen LogP contribution >= 0.6 is 27.5 Å². The number of carbonyl (C=O) groups is 2. The molecule has 1 N–H and O–H groups in total. The molecular formula is C36H39BrClN3O5S. The molecule has 1 atom stereocenters. The number of rotatable bonds is 13. The SMILES string of the molecule is CCOc1ccc(N(CC(=O)N(Cc2ccc(Cl)cc2)[C@@H](Cc2ccccc2)C(=O)NC(C)(C)C)S(=O)(=O)c2ccc(Br)cc2)cc1. The lowest BCUT2D eigenvalue weighted by molar-refractivity contribution is -0.140. The molecule has 2 amide bonds. The van der Waals surface area contributed by atoms with Crippen LogP contribution < -0.4 is 14.4 Å². The lowest BCUT2D eigenvalue weighted by Gasteiger charge is -2.35. The molecule has 0 fully saturated rings. The summed E-state index contributed by atoms with van der Waals surface area (Å²) in [4.78, 5) is 30.0. The van der Waals surface area contributed by atoms with Crippen LogP contribution in [0.15, 0.2) is 112 Å². The molecule has 0 saturated heterocycles. The molecule has 0 spiro atoms. The molecule has 0 aromatic heterocycles. The van der Waals surface area contributed by atoms with Gasteiger partial charge in [0.1, 0.15) is 18.3 Å². The van der Waals surface area contributed by atoms with E-state index in [-0.39, 0.29) is 29.5 Å². The highest BCUT2D eigenvalue weighted by Gasteiger charge is 2.35. The zero-order chi connectivity index (χ0) is 34.2. The molecule has 0 unspecified atom stereocenters. The van der Waals surface area contributed by atoms with Gasteiger partial charge in [-0.1, -0.05) is 70.0 Å². The first-order valence-electron chi connectivity index (χ1n) is 15.2. The number of anilines is 1. The van der Waals surface area contributed by atoms with Gasteiger partial charge in [-0.25, -0.2) is 8.42 Å². The fraction of sp³-hybridized carbons (Fsp3) is 0.278. The van der Waals surface area contributed by atoms with Crippen molar-refractivity contribution in [2.45, 2.75) is 57.1 Å². The predicted octanol–water partition coefficient (Wildman–Crippen LogP) is 7.25. The van der Waals surface area contributed by atoms with Crippen LogP contribution in [0.25, 0.3) is 0 Å². The van der Waals surface area contributed by atoms with Crippen LogP contribution in [0.3, 0.4) is 0 Å². The van der Waals surface area contributed by atoms with Gasteiger partial charge in [0.25, 0.3) is 10.0 Å². The first kappa shape index (κ1) is 36.0. The van der Waals surface area contributed by atoms with Gasteiger partial charge in [0.2, 0.25) is 11.8 Å². The number of sulfonamides is 1. The molecule has 4 aromatic rings. The van der Waals surface area contributed by atoms with Gasteiger partial charge >= 0.3 is 0 Å². The van der Waals surface area contributed by atoms with Crippen molar-refractivity contribution in [2.75, 3.05) is 17.5 Å². The Balaban J connectivity index is 1.81. The summed E-state index contributed by atoms with van der Waals surface area (Å²) in [5, 5.41) is 3.56. The molecule has 4 aromatic carbocycles. The molecule has 0 aliphatic rings. The van der Waals surface area contributed by atoms with Crippen LogP contribution in [-0.2, 0) is 32.6 Å². The number of benzene rings is 4. The number of halogens is 2. The van der Waals surface area contributed by atoms with Crippen LogP contribution in [0.5, 0.6) is 5.75 Å². The highest BCUT2D eigenvalue weighted by atomic mass is 79.9. The van der Waals surface area contributed by atoms with E-state index >= 15 is 0 Å². The molecule has 0 saturated carbocycles. The summed E-state index contributed by atoms with van der Waals surface area (Å²) in [7, 11) is -4.23. The Morgan fingerprint density at radius 1 is 0.872 bits per heavy atom. The van der Waals surface area contributed by atoms with Crippen LogP contribution in [0, 0.1) is 0 Å². The molecule has 8 nitrogen and oxygen atoms in total. The maximum atomic E-state index is 14.6. The van der Waals surface area contributed by atoms with E-state index in [1.54, 1.807) is 60.7 Å². The summed E-state index contributed by atoms with van der Waals surface area (Å²) in [5.41, 5.74) is 1.27. The topological polar surface area (TPSA) is 96.0 Å². The minimum atomic E-state index is -4.23. The summed E-state index contributed by atoms with van der Waals surface area (Å²) in [5.74, 6) is -0.346. The zero-order valence-corrected chi connectivity index (χ0v) is 30.0. The Morgan fingerprint density at radius 3 is 2.06 bits per heavy atom. The standard InChI is InChI=1S/C36H39BrClN3O5S/c1-5-46-31-19-17-30(18-20-31)41(47(44,45)32-21-13-28(37)14-22-32)25-34(42)40(24-27-11-15-29(38)16-12-27)33(35(43)39-36(2,3)4)23-26-9-7-6-8-10-26/h6-22,33H,5,23-25H2,1-4H3,(H,39,43)/t33-/m0/s1. The zero-order valence-electron chi connectivity index (χ0n) is 26.8. The number of hydrogen-bond donors (Lipinski definition) is 1. The second kappa shape index (κ2) is 15.8. The Hall–Kier alpha value is -3.86. The van der Waals surface area contributed by atoms with Crippen molar-refractivity contribution < 1.29 is 22.7 Å². The second-order valence-electron chi connectivity index (χ2n) is 12.0. The number of hydrogen-bond acceptors (Lipinski definition) is 5. The van der Waals surface area contributed by atoms with E-state index in [9.17, 15) is 18.0 Å². The molecular weight excluding hydrogens is 702 g/mol. The van der Waals surface area contributed by atoms with Gasteiger partial charge in [0, 0.05) is 28.0 Å². The van der Waals surface area contributed by atoms with Crippen molar-refractivity contribution >= 4 is 55.1 Å². The van der Waals surface area contributed by atoms with E-state index in [1.165, 1.54) is 17.0 Å². The van der Waals surface area contributed by atoms with Crippen LogP contribution in [-0.4, -0.2) is 49.9 Å². The minimum Gasteiger partial charge on any atom is -0.494 e. The quantitative estimate of drug-likeness (QED) is 0.156. The van der Waals surface area contributed by atoms with Gasteiger partial charge in [-0.3, -0.25) is 13.9 Å². The van der Waals surface area contributed by atoms with Crippen LogP contribution in [0.2, 0.25) is 5.02 Å². The number of nitrogens with zero attached hydrogens (tertiary/aromatic N) is 2. The fourth-order valence-corrected chi connectivity index (χ4v) is 6.74. The van der Waals surface area contributed by atoms with E-state index in [0.717, 1.165) is 15.4 Å². The number of nitrogens with one attached hydrogen (secondary N) is 1. The number of ether oxygens (including phenoxy) is 1. The van der Waals surface area contributed by atoms with E-state index in [0.29, 0.717) is 21.9 Å². The van der Waals surface area contributed by atoms with Gasteiger partial charge in [0.05, 0.1) is 17.2 Å². The van der Waals surface area contributed by atoms with Crippen molar-refractivity contribution in [3.63, 3.8) is 0 Å². The normalized spacial score (nSPS) is 12.2. The Bertz CT molecular complexity index is 1750. The van der Waals surface area contributed by atoms with Crippen molar-refractivity contribution in [2.24, 2.45) is 0 Å². The Morgan fingerprint density at radius 2 is 1.49 bits per heavy atom. The van der Waals surface area contributed by atoms with Gasteiger partial charge in [-0.2, -0.15) is 0 Å². The van der Waals surface area contributed by atoms with Crippen LogP contribution in [0.4, 0.5) is 5.69 Å². The maximum Gasteiger partial charge on any atom is 0.264 e. The third-order valence-electron chi connectivity index (χ3n) is 7.15. The molecule has 11 heteroatoms. The van der Waals surface area contributed by atoms with Gasteiger partial charge in [-0.05, 0) is 99.5 Å². The highest BCUT2D eigenvalue weighted by Crippen LogP contribution is 2.28. The Labute approximate surface area is 290 Å². The third-order valence-corrected chi connectivity index (χ3v) is 9.72. The van der Waals surface area contributed by atoms with E-state index in [2.05, 4.69) is 21.2 Å². The van der Waals surface area contributed by atoms with Gasteiger partial charge < -0.3 is 15.0 Å². The minimum absolute atomic E-state index is 0.0120. The van der Waals surface area contributed by atoms with E-state index in [1.807, 2.05) is 58.0 Å². The molecule has 0 heterocycles. The molecule has 4 rings (SSSR count). The van der Waals surface area contributed by atoms with Crippen molar-refractivity contribution in [3.05, 3.63) is 124 Å². The maximum absolute atomic E-state index is 14.6. The number of carbonyl (C=O) groups excluding carboxylic acids is 2. The van der Waals surface area contributed by atoms with Crippen molar-refractivity contribution in [1.82, 2.24) is 10.2 Å². The van der Waals surface area contributed by atoms with Crippen LogP contribution in [0.1, 0.15) is 38.8 Å². The van der Waals surface area contributed by atoms with E-state index < -0.39 is 34.1 Å². The van der Waals surface area contributed by atoms with Crippen molar-refractivity contribution in [1.29, 1.82) is 0 Å². The van der Waals surface area contributed by atoms with E-state index in [4.69, 9.17) is 16.3 Å². The second-order valence-corrected chi connectivity index (χ2v) is 15.2. The largest absolute Gasteiger partial charge is 0.494 e. The smallest absolute Gasteiger partial charge is 0.264 e. The van der Waals surface area contributed by atoms with Crippen molar-refractivity contribution in [3.8, 4) is 5.75 Å². The average Bonchev–Trinajstić information content (AvgIpc) is 3.03. The molecule has 0 radical (unpaired) electrons. The Kier molecular flexibility index (Phi) is 12.1. The van der Waals surface area contributed by atoms with Gasteiger partial charge in [-0.15, -0.1) is 0 Å². The average molecular weight is 741 g/mol. The monoisotopic (exact) mass is 739 g/mol. The first-order chi connectivity index (χ1) is 22.3. The molecule has 0 aliphatic carbocycles. The highest BCUT2D eigenvalue weighted by molar-refractivity contribution is 9.10. The van der Waals surface area contributed by atoms with Gasteiger partial charge in [0.15, 0.2) is 0 Å². The number of amides is 2. The predicted molar refractivity (Wildman–Crippen MR) is 190 cm³/mol. The summed E-state index contributed by atoms with van der Waals surface area (Å²) in [6.07, 6.45) is 0.213.